The minimum absolute atomic E-state index is 0. The molecule has 1 aromatic carbocycles. The second kappa shape index (κ2) is 8.40. The van der Waals surface area contributed by atoms with Crippen LogP contribution in [-0.2, 0) is 16.0 Å². The van der Waals surface area contributed by atoms with E-state index in [1.165, 1.54) is 5.56 Å². The first-order chi connectivity index (χ1) is 12.2. The highest BCUT2D eigenvalue weighted by atomic mass is 35.5. The van der Waals surface area contributed by atoms with Crippen LogP contribution < -0.4 is 10.2 Å². The molecular formula is C20H28ClN3O2. The summed E-state index contributed by atoms with van der Waals surface area (Å²) in [6.45, 7) is 4.01. The Morgan fingerprint density at radius 2 is 1.77 bits per heavy atom. The van der Waals surface area contributed by atoms with E-state index in [0.29, 0.717) is 18.3 Å². The average molecular weight is 378 g/mol. The molecule has 0 unspecified atom stereocenters. The van der Waals surface area contributed by atoms with Crippen molar-refractivity contribution in [3.63, 3.8) is 0 Å². The van der Waals surface area contributed by atoms with Gasteiger partial charge in [-0.25, -0.2) is 0 Å². The number of para-hydroxylation sites is 1. The Hall–Kier alpha value is -1.59. The van der Waals surface area contributed by atoms with E-state index in [1.807, 2.05) is 23.1 Å². The lowest BCUT2D eigenvalue weighted by Crippen LogP contribution is -2.43. The average Bonchev–Trinajstić information content (AvgIpc) is 2.89. The second-order valence-corrected chi connectivity index (χ2v) is 7.60. The number of fused-ring (bicyclic) bond motifs is 2. The molecular weight excluding hydrogens is 350 g/mol. The van der Waals surface area contributed by atoms with Gasteiger partial charge in [-0.05, 0) is 62.2 Å². The molecule has 2 saturated heterocycles. The topological polar surface area (TPSA) is 52.7 Å². The minimum Gasteiger partial charge on any atom is -0.341 e. The molecule has 26 heavy (non-hydrogen) atoms. The maximum atomic E-state index is 12.9. The minimum atomic E-state index is 0. The molecule has 2 fully saturated rings. The molecule has 0 radical (unpaired) electrons. The van der Waals surface area contributed by atoms with Gasteiger partial charge >= 0.3 is 0 Å². The number of hydrogen-bond acceptors (Lipinski definition) is 3. The summed E-state index contributed by atoms with van der Waals surface area (Å²) in [5.74, 6) is 1.59. The fourth-order valence-electron chi connectivity index (χ4n) is 4.56. The first-order valence-electron chi connectivity index (χ1n) is 9.59. The van der Waals surface area contributed by atoms with Crippen LogP contribution in [0.3, 0.4) is 0 Å². The Morgan fingerprint density at radius 1 is 1.08 bits per heavy atom. The smallest absolute Gasteiger partial charge is 0.242 e. The molecule has 142 valence electrons. The maximum absolute atomic E-state index is 12.9. The molecule has 1 aromatic rings. The molecule has 1 N–H and O–H groups in total. The van der Waals surface area contributed by atoms with E-state index in [-0.39, 0.29) is 30.8 Å². The lowest BCUT2D eigenvalue weighted by molar-refractivity contribution is -0.131. The molecule has 2 atom stereocenters. The summed E-state index contributed by atoms with van der Waals surface area (Å²) in [7, 11) is 0. The van der Waals surface area contributed by atoms with Crippen molar-refractivity contribution in [2.75, 3.05) is 37.6 Å². The Morgan fingerprint density at radius 3 is 2.50 bits per heavy atom. The SMILES string of the molecule is Cl.O=C(CN1C(=O)CCCc2ccccc21)N1CC[C@@H]2CNC[C@@H]2CC1. The summed E-state index contributed by atoms with van der Waals surface area (Å²) in [6.07, 6.45) is 4.45. The summed E-state index contributed by atoms with van der Waals surface area (Å²) in [5, 5.41) is 3.47. The fourth-order valence-corrected chi connectivity index (χ4v) is 4.56. The van der Waals surface area contributed by atoms with Gasteiger partial charge in [0.25, 0.3) is 0 Å². The van der Waals surface area contributed by atoms with E-state index in [0.717, 1.165) is 57.5 Å². The third-order valence-corrected chi connectivity index (χ3v) is 6.09. The van der Waals surface area contributed by atoms with Crippen LogP contribution in [0.4, 0.5) is 5.69 Å². The Labute approximate surface area is 161 Å². The lowest BCUT2D eigenvalue weighted by atomic mass is 9.92. The van der Waals surface area contributed by atoms with E-state index in [4.69, 9.17) is 0 Å². The fraction of sp³-hybridized carbons (Fsp3) is 0.600. The third-order valence-electron chi connectivity index (χ3n) is 6.09. The maximum Gasteiger partial charge on any atom is 0.242 e. The van der Waals surface area contributed by atoms with Crippen molar-refractivity contribution in [1.82, 2.24) is 10.2 Å². The van der Waals surface area contributed by atoms with Crippen LogP contribution in [0.15, 0.2) is 24.3 Å². The van der Waals surface area contributed by atoms with E-state index in [2.05, 4.69) is 11.4 Å². The van der Waals surface area contributed by atoms with Gasteiger partial charge < -0.3 is 15.1 Å². The van der Waals surface area contributed by atoms with Crippen molar-refractivity contribution in [2.24, 2.45) is 11.8 Å². The van der Waals surface area contributed by atoms with Crippen LogP contribution in [0.25, 0.3) is 0 Å². The number of carbonyl (C=O) groups is 2. The normalized spacial score (nSPS) is 25.6. The first-order valence-corrected chi connectivity index (χ1v) is 9.59. The highest BCUT2D eigenvalue weighted by Crippen LogP contribution is 2.29. The zero-order valence-electron chi connectivity index (χ0n) is 15.2. The predicted octanol–water partition coefficient (Wildman–Crippen LogP) is 2.24. The monoisotopic (exact) mass is 377 g/mol. The number of likely N-dealkylation sites (tertiary alicyclic amines) is 1. The number of nitrogens with zero attached hydrogens (tertiary/aromatic N) is 2. The molecule has 2 amide bonds. The molecule has 0 spiro atoms. The molecule has 0 aromatic heterocycles. The van der Waals surface area contributed by atoms with Crippen LogP contribution in [0.1, 0.15) is 31.2 Å². The van der Waals surface area contributed by atoms with Crippen LogP contribution >= 0.6 is 12.4 Å². The van der Waals surface area contributed by atoms with Gasteiger partial charge in [-0.1, -0.05) is 18.2 Å². The second-order valence-electron chi connectivity index (χ2n) is 7.60. The number of nitrogens with one attached hydrogen (secondary N) is 1. The Kier molecular flexibility index (Phi) is 6.20. The van der Waals surface area contributed by atoms with Gasteiger partial charge in [-0.2, -0.15) is 0 Å². The molecule has 3 heterocycles. The van der Waals surface area contributed by atoms with Crippen LogP contribution in [0.5, 0.6) is 0 Å². The number of benzene rings is 1. The quantitative estimate of drug-likeness (QED) is 0.859. The van der Waals surface area contributed by atoms with Gasteiger partial charge in [-0.3, -0.25) is 9.59 Å². The molecule has 5 nitrogen and oxygen atoms in total. The zero-order valence-corrected chi connectivity index (χ0v) is 16.0. The zero-order chi connectivity index (χ0) is 17.2. The van der Waals surface area contributed by atoms with Gasteiger partial charge in [0.05, 0.1) is 0 Å². The number of amides is 2. The molecule has 3 aliphatic rings. The van der Waals surface area contributed by atoms with Gasteiger partial charge in [0.2, 0.25) is 11.8 Å². The van der Waals surface area contributed by atoms with Crippen molar-refractivity contribution in [3.05, 3.63) is 29.8 Å². The third kappa shape index (κ3) is 3.89. The van der Waals surface area contributed by atoms with Gasteiger partial charge in [0, 0.05) is 25.2 Å². The largest absolute Gasteiger partial charge is 0.341 e. The highest BCUT2D eigenvalue weighted by Gasteiger charge is 2.32. The number of halogens is 1. The van der Waals surface area contributed by atoms with Crippen LogP contribution in [-0.4, -0.2) is 49.4 Å². The summed E-state index contributed by atoms with van der Waals surface area (Å²) >= 11 is 0. The van der Waals surface area contributed by atoms with Gasteiger partial charge in [0.15, 0.2) is 0 Å². The summed E-state index contributed by atoms with van der Waals surface area (Å²) in [5.41, 5.74) is 2.10. The molecule has 3 aliphatic heterocycles. The highest BCUT2D eigenvalue weighted by molar-refractivity contribution is 5.99. The standard InChI is InChI=1S/C20H27N3O2.ClH/c24-19-7-3-5-15-4-1-2-6-18(15)23(19)14-20(25)22-10-8-16-12-21-13-17(16)9-11-22;/h1-2,4,6,16-17,21H,3,5,7-14H2;1H/t16-,17+;. The van der Waals surface area contributed by atoms with Crippen LogP contribution in [0, 0.1) is 11.8 Å². The van der Waals surface area contributed by atoms with Gasteiger partial charge in [0.1, 0.15) is 6.54 Å². The Balaban J connectivity index is 0.00000196. The molecule has 0 aliphatic carbocycles. The van der Waals surface area contributed by atoms with Crippen molar-refractivity contribution in [2.45, 2.75) is 32.1 Å². The van der Waals surface area contributed by atoms with E-state index < -0.39 is 0 Å². The number of anilines is 1. The number of carbonyl (C=O) groups excluding carboxylic acids is 2. The summed E-state index contributed by atoms with van der Waals surface area (Å²) in [4.78, 5) is 29.2. The van der Waals surface area contributed by atoms with Crippen molar-refractivity contribution >= 4 is 29.9 Å². The van der Waals surface area contributed by atoms with E-state index in [1.54, 1.807) is 4.90 Å². The Bertz CT molecular complexity index is 652. The van der Waals surface area contributed by atoms with E-state index >= 15 is 0 Å². The van der Waals surface area contributed by atoms with Gasteiger partial charge in [-0.15, -0.1) is 12.4 Å². The van der Waals surface area contributed by atoms with Crippen molar-refractivity contribution in [1.29, 1.82) is 0 Å². The van der Waals surface area contributed by atoms with Crippen LogP contribution in [0.2, 0.25) is 0 Å². The first kappa shape index (κ1) is 19.2. The lowest BCUT2D eigenvalue weighted by Gasteiger charge is -2.27. The summed E-state index contributed by atoms with van der Waals surface area (Å²) in [6, 6.07) is 8.01. The molecule has 0 bridgehead atoms. The van der Waals surface area contributed by atoms with Crippen molar-refractivity contribution in [3.8, 4) is 0 Å². The molecule has 6 heteroatoms. The van der Waals surface area contributed by atoms with Crippen molar-refractivity contribution < 1.29 is 9.59 Å². The predicted molar refractivity (Wildman–Crippen MR) is 105 cm³/mol. The number of rotatable bonds is 2. The molecule has 0 saturated carbocycles. The molecule has 4 rings (SSSR count). The summed E-state index contributed by atoms with van der Waals surface area (Å²) < 4.78 is 0. The van der Waals surface area contributed by atoms with E-state index in [9.17, 15) is 9.59 Å². The number of hydrogen-bond donors (Lipinski definition) is 1. The number of aryl methyl sites for hydroxylation is 1.